The molecule has 2 aromatic carbocycles. The van der Waals surface area contributed by atoms with E-state index in [-0.39, 0.29) is 11.8 Å². The lowest BCUT2D eigenvalue weighted by Gasteiger charge is -2.18. The maximum Gasteiger partial charge on any atom is 0.254 e. The number of amides is 2. The number of likely N-dealkylation sites (tertiary alicyclic amines) is 1. The number of hydrogen-bond acceptors (Lipinski definition) is 4. The van der Waals surface area contributed by atoms with Gasteiger partial charge in [0.2, 0.25) is 0 Å². The van der Waals surface area contributed by atoms with Gasteiger partial charge in [0, 0.05) is 35.0 Å². The lowest BCUT2D eigenvalue weighted by Crippen LogP contribution is -2.31. The zero-order valence-electron chi connectivity index (χ0n) is 16.6. The average Bonchev–Trinajstić information content (AvgIpc) is 3.40. The van der Waals surface area contributed by atoms with E-state index in [9.17, 15) is 9.59 Å². The summed E-state index contributed by atoms with van der Waals surface area (Å²) >= 11 is 10.4. The largest absolute Gasteiger partial charge is 0.341 e. The van der Waals surface area contributed by atoms with Gasteiger partial charge < -0.3 is 15.2 Å². The number of benzene rings is 2. The third-order valence-electron chi connectivity index (χ3n) is 5.39. The van der Waals surface area contributed by atoms with Gasteiger partial charge in [0.15, 0.2) is 0 Å². The van der Waals surface area contributed by atoms with E-state index < -0.39 is 6.04 Å². The normalized spacial score (nSPS) is 14.8. The Morgan fingerprint density at radius 2 is 2.00 bits per heavy atom. The molecule has 1 atom stereocenters. The van der Waals surface area contributed by atoms with E-state index >= 15 is 0 Å². The highest BCUT2D eigenvalue weighted by Gasteiger charge is 2.22. The zero-order chi connectivity index (χ0) is 21.3. The lowest BCUT2D eigenvalue weighted by molar-refractivity contribution is 0.0791. The van der Waals surface area contributed by atoms with Crippen LogP contribution < -0.4 is 5.32 Å². The van der Waals surface area contributed by atoms with Gasteiger partial charge in [-0.05, 0) is 61.7 Å². The van der Waals surface area contributed by atoms with Gasteiger partial charge in [-0.1, -0.05) is 11.6 Å². The van der Waals surface area contributed by atoms with Crippen molar-refractivity contribution in [3.63, 3.8) is 0 Å². The summed E-state index contributed by atoms with van der Waals surface area (Å²) in [5, 5.41) is 3.58. The number of carbonyl (C=O) groups excluding carboxylic acids is 2. The van der Waals surface area contributed by atoms with Crippen molar-refractivity contribution in [1.82, 2.24) is 20.2 Å². The van der Waals surface area contributed by atoms with Crippen LogP contribution in [-0.4, -0.2) is 45.5 Å². The summed E-state index contributed by atoms with van der Waals surface area (Å²) in [5.41, 5.74) is 3.51. The highest BCUT2D eigenvalue weighted by molar-refractivity contribution is 7.80. The van der Waals surface area contributed by atoms with Crippen LogP contribution in [0.15, 0.2) is 36.4 Å². The predicted octanol–water partition coefficient (Wildman–Crippen LogP) is 4.16. The Morgan fingerprint density at radius 1 is 1.23 bits per heavy atom. The van der Waals surface area contributed by atoms with Crippen molar-refractivity contribution < 1.29 is 9.59 Å². The minimum absolute atomic E-state index is 0.0335. The van der Waals surface area contributed by atoms with Crippen LogP contribution in [0.1, 0.15) is 51.0 Å². The van der Waals surface area contributed by atoms with Gasteiger partial charge in [0.25, 0.3) is 11.8 Å². The SMILES string of the molecule is Cc1cc(C(=O)NC(CS)c2nc3ccc(Cl)cc3[nH]2)ccc1C(=O)N1CCCC1. The molecule has 2 heterocycles. The maximum atomic E-state index is 12.8. The van der Waals surface area contributed by atoms with E-state index in [1.54, 1.807) is 30.3 Å². The van der Waals surface area contributed by atoms with Crippen molar-refractivity contribution >= 4 is 47.1 Å². The second kappa shape index (κ2) is 8.70. The molecule has 30 heavy (non-hydrogen) atoms. The van der Waals surface area contributed by atoms with Crippen LogP contribution in [0.3, 0.4) is 0 Å². The number of hydrogen-bond donors (Lipinski definition) is 3. The van der Waals surface area contributed by atoms with Crippen molar-refractivity contribution in [3.8, 4) is 0 Å². The van der Waals surface area contributed by atoms with Crippen molar-refractivity contribution in [2.75, 3.05) is 18.8 Å². The number of H-pyrrole nitrogens is 1. The van der Waals surface area contributed by atoms with E-state index in [1.807, 2.05) is 17.9 Å². The van der Waals surface area contributed by atoms with E-state index in [4.69, 9.17) is 11.6 Å². The molecule has 156 valence electrons. The molecular formula is C22H23ClN4O2S. The highest BCUT2D eigenvalue weighted by atomic mass is 35.5. The van der Waals surface area contributed by atoms with Crippen molar-refractivity contribution in [3.05, 3.63) is 63.9 Å². The molecule has 3 aromatic rings. The van der Waals surface area contributed by atoms with Crippen LogP contribution in [0, 0.1) is 6.92 Å². The fourth-order valence-corrected chi connectivity index (χ4v) is 4.18. The number of aryl methyl sites for hydroxylation is 1. The van der Waals surface area contributed by atoms with E-state index in [2.05, 4.69) is 27.9 Å². The fourth-order valence-electron chi connectivity index (χ4n) is 3.74. The average molecular weight is 443 g/mol. The number of fused-ring (bicyclic) bond motifs is 1. The first-order valence-corrected chi connectivity index (χ1v) is 10.9. The molecular weight excluding hydrogens is 420 g/mol. The Labute approximate surface area is 185 Å². The number of aromatic nitrogens is 2. The van der Waals surface area contributed by atoms with Gasteiger partial charge >= 0.3 is 0 Å². The molecule has 1 fully saturated rings. The number of carbonyl (C=O) groups is 2. The minimum Gasteiger partial charge on any atom is -0.341 e. The highest BCUT2D eigenvalue weighted by Crippen LogP contribution is 2.22. The number of imidazole rings is 1. The Kier molecular flexibility index (Phi) is 6.01. The van der Waals surface area contributed by atoms with Crippen LogP contribution in [0.5, 0.6) is 0 Å². The number of aromatic amines is 1. The fraction of sp³-hybridized carbons (Fsp3) is 0.318. The summed E-state index contributed by atoms with van der Waals surface area (Å²) in [6, 6.07) is 10.2. The molecule has 1 aliphatic heterocycles. The van der Waals surface area contributed by atoms with Gasteiger partial charge in [-0.15, -0.1) is 0 Å². The van der Waals surface area contributed by atoms with Crippen LogP contribution in [0.2, 0.25) is 5.02 Å². The first-order chi connectivity index (χ1) is 14.5. The molecule has 2 amide bonds. The van der Waals surface area contributed by atoms with Crippen molar-refractivity contribution in [1.29, 1.82) is 0 Å². The molecule has 8 heteroatoms. The molecule has 1 saturated heterocycles. The Morgan fingerprint density at radius 3 is 2.70 bits per heavy atom. The van der Waals surface area contributed by atoms with Gasteiger partial charge in [-0.3, -0.25) is 9.59 Å². The quantitative estimate of drug-likeness (QED) is 0.519. The summed E-state index contributed by atoms with van der Waals surface area (Å²) in [4.78, 5) is 35.1. The number of nitrogens with one attached hydrogen (secondary N) is 2. The van der Waals surface area contributed by atoms with Gasteiger partial charge in [0.1, 0.15) is 5.82 Å². The Hall–Kier alpha value is -2.51. The smallest absolute Gasteiger partial charge is 0.254 e. The summed E-state index contributed by atoms with van der Waals surface area (Å²) in [7, 11) is 0. The molecule has 1 aliphatic rings. The number of halogens is 1. The monoisotopic (exact) mass is 442 g/mol. The third-order valence-corrected chi connectivity index (χ3v) is 5.99. The molecule has 1 unspecified atom stereocenters. The summed E-state index contributed by atoms with van der Waals surface area (Å²) in [6.07, 6.45) is 2.09. The van der Waals surface area contributed by atoms with Crippen molar-refractivity contribution in [2.45, 2.75) is 25.8 Å². The lowest BCUT2D eigenvalue weighted by atomic mass is 10.0. The Balaban J connectivity index is 1.51. The summed E-state index contributed by atoms with van der Waals surface area (Å²) in [5.74, 6) is 0.791. The molecule has 0 saturated carbocycles. The zero-order valence-corrected chi connectivity index (χ0v) is 18.3. The number of rotatable bonds is 5. The summed E-state index contributed by atoms with van der Waals surface area (Å²) in [6.45, 7) is 3.46. The molecule has 1 aromatic heterocycles. The van der Waals surface area contributed by atoms with Crippen LogP contribution in [-0.2, 0) is 0 Å². The molecule has 6 nitrogen and oxygen atoms in total. The molecule has 2 N–H and O–H groups in total. The second-order valence-electron chi connectivity index (χ2n) is 7.52. The molecule has 0 bridgehead atoms. The van der Waals surface area contributed by atoms with E-state index in [0.29, 0.717) is 27.7 Å². The number of nitrogens with zero attached hydrogens (tertiary/aromatic N) is 2. The predicted molar refractivity (Wildman–Crippen MR) is 121 cm³/mol. The first-order valence-electron chi connectivity index (χ1n) is 9.93. The Bertz CT molecular complexity index is 1110. The topological polar surface area (TPSA) is 78.1 Å². The van der Waals surface area contributed by atoms with Crippen LogP contribution in [0.4, 0.5) is 0 Å². The van der Waals surface area contributed by atoms with Gasteiger partial charge in [-0.25, -0.2) is 4.98 Å². The van der Waals surface area contributed by atoms with E-state index in [1.165, 1.54) is 0 Å². The van der Waals surface area contributed by atoms with Crippen molar-refractivity contribution in [2.24, 2.45) is 0 Å². The minimum atomic E-state index is -0.391. The third kappa shape index (κ3) is 4.18. The van der Waals surface area contributed by atoms with Crippen LogP contribution >= 0.6 is 24.2 Å². The standard InChI is InChI=1S/C22H23ClN4O2S/c1-13-10-14(4-6-16(13)22(29)27-8-2-3-9-27)21(28)26-19(12-30)20-24-17-7-5-15(23)11-18(17)25-20/h4-7,10-11,19,30H,2-3,8-9,12H2,1H3,(H,24,25)(H,26,28). The second-order valence-corrected chi connectivity index (χ2v) is 8.32. The van der Waals surface area contributed by atoms with Gasteiger partial charge in [-0.2, -0.15) is 12.6 Å². The summed E-state index contributed by atoms with van der Waals surface area (Å²) < 4.78 is 0. The number of thiol groups is 1. The molecule has 0 aliphatic carbocycles. The first kappa shape index (κ1) is 20.8. The molecule has 4 rings (SSSR count). The van der Waals surface area contributed by atoms with Crippen LogP contribution in [0.25, 0.3) is 11.0 Å². The molecule has 0 spiro atoms. The maximum absolute atomic E-state index is 12.8. The van der Waals surface area contributed by atoms with E-state index in [0.717, 1.165) is 42.5 Å². The van der Waals surface area contributed by atoms with Gasteiger partial charge in [0.05, 0.1) is 17.1 Å². The molecule has 0 radical (unpaired) electrons.